The molecule has 0 aromatic carbocycles. The van der Waals surface area contributed by atoms with Gasteiger partial charge < -0.3 is 119 Å². The molecule has 16 rings (SSSR count). The summed E-state index contributed by atoms with van der Waals surface area (Å²) in [6.07, 6.45) is 96.9. The first-order valence-corrected chi connectivity index (χ1v) is 45.9. The van der Waals surface area contributed by atoms with Gasteiger partial charge in [0.25, 0.3) is 0 Å². The second kappa shape index (κ2) is 87.7. The Kier molecular flexibility index (Phi) is 112. The Labute approximate surface area is 863 Å². The molecule has 0 spiro atoms. The first kappa shape index (κ1) is 157. The van der Waals surface area contributed by atoms with Crippen LogP contribution in [0.15, 0.2) is 146 Å². The number of allylic oxidation sites excluding steroid dienone is 24. The minimum atomic E-state index is 0. The van der Waals surface area contributed by atoms with Gasteiger partial charge in [0.05, 0.1) is 0 Å². The molecule has 0 amide bonds. The van der Waals surface area contributed by atoms with E-state index in [-0.39, 0.29) is 224 Å². The predicted molar refractivity (Wildman–Crippen MR) is 564 cm³/mol. The van der Waals surface area contributed by atoms with Gasteiger partial charge in [0.15, 0.2) is 0 Å². The Hall–Kier alpha value is 0.412. The summed E-state index contributed by atoms with van der Waals surface area (Å²) < 4.78 is 0. The maximum Gasteiger partial charge on any atom is 4.00 e. The fraction of sp³-hybridized carbons (Fsp3) is 0.664. The Morgan fingerprint density at radius 1 is 0.195 bits per heavy atom. The van der Waals surface area contributed by atoms with Crippen molar-refractivity contribution in [1.29, 1.82) is 0 Å². The summed E-state index contributed by atoms with van der Waals surface area (Å²) in [6.45, 7) is 46.8. The maximum absolute atomic E-state index is 2.41. The Balaban J connectivity index is -0.0000000794. The molecule has 0 bridgehead atoms. The molecule has 16 aliphatic carbocycles. The molecule has 23 atom stereocenters. The van der Waals surface area contributed by atoms with Gasteiger partial charge in [-0.25, -0.2) is 0 Å². The molecule has 10 fully saturated rings. The van der Waals surface area contributed by atoms with E-state index in [1.807, 2.05) is 0 Å². The molecule has 0 N–H and O–H groups in total. The van der Waals surface area contributed by atoms with Crippen molar-refractivity contribution in [2.75, 3.05) is 0 Å². The summed E-state index contributed by atoms with van der Waals surface area (Å²) in [7, 11) is 0. The van der Waals surface area contributed by atoms with E-state index in [2.05, 4.69) is 284 Å². The quantitative estimate of drug-likeness (QED) is 0.213. The normalized spacial score (nSPS) is 33.9. The zero-order valence-corrected chi connectivity index (χ0v) is 99.5. The van der Waals surface area contributed by atoms with E-state index >= 15 is 0 Å². The molecule has 0 saturated heterocycles. The predicted octanol–water partition coefficient (Wildman–Crippen LogP) is 39.1. The fourth-order valence-corrected chi connectivity index (χ4v) is 22.9. The third-order valence-electron chi connectivity index (χ3n) is 31.0. The van der Waals surface area contributed by atoms with Crippen molar-refractivity contribution in [3.8, 4) is 0 Å². The first-order valence-electron chi connectivity index (χ1n) is 45.9. The number of rotatable bonds is 8. The molecule has 123 heavy (non-hydrogen) atoms. The third-order valence-corrected chi connectivity index (χ3v) is 31.0. The SMILES string of the molecule is CC1C(C)C(C)C(C)C1C.CC1CC(C)C(C)C1C.CC1CC(C)C2C=CC=CC12.CC1CCC2C=CC=CC12.CCC.CCC1CCC2C=CC=CC21.CCC1CCC2C=CC=CC21.CCC1CCC2C=CC=CC21.CCC1CCC2C=CC=CC21.CCCC1CCCC1.CCCC1CCCC1.[CH3-].[CH3-].[CH3-].[CH3-].[CH3-].[CH3-].[CH3-].[CH3-].[CH3-].[CH3-].[CH3-].[CH3-].[CH3-].[CH3-].[CH3-].[CH3-].[Zr+4].[Zr+4].[Zr+4].[Zr+4]. The van der Waals surface area contributed by atoms with Crippen LogP contribution in [0.2, 0.25) is 0 Å². The van der Waals surface area contributed by atoms with Gasteiger partial charge in [-0.2, -0.15) is 0 Å². The Bertz CT molecular complexity index is 2360. The van der Waals surface area contributed by atoms with Crippen LogP contribution in [-0.4, -0.2) is 0 Å². The molecule has 0 nitrogen and oxygen atoms in total. The van der Waals surface area contributed by atoms with E-state index < -0.39 is 0 Å². The molecule has 0 aliphatic heterocycles. The smallest absolute Gasteiger partial charge is 0.358 e. The van der Waals surface area contributed by atoms with Crippen molar-refractivity contribution in [2.24, 2.45) is 178 Å². The van der Waals surface area contributed by atoms with Gasteiger partial charge in [0.2, 0.25) is 0 Å². The van der Waals surface area contributed by atoms with Crippen LogP contribution in [0.3, 0.4) is 0 Å². The minimum Gasteiger partial charge on any atom is -0.358 e. The molecule has 0 aromatic heterocycles. The van der Waals surface area contributed by atoms with E-state index in [0.29, 0.717) is 0 Å². The summed E-state index contributed by atoms with van der Waals surface area (Å²) in [5.41, 5.74) is 0. The molecule has 712 valence electrons. The summed E-state index contributed by atoms with van der Waals surface area (Å²) in [5, 5.41) is 0. The van der Waals surface area contributed by atoms with Gasteiger partial charge in [0.1, 0.15) is 0 Å². The molecule has 0 heterocycles. The number of hydrogen-bond donors (Lipinski definition) is 0. The van der Waals surface area contributed by atoms with Gasteiger partial charge in [-0.05, 0) is 255 Å². The van der Waals surface area contributed by atoms with Crippen LogP contribution in [-0.2, 0) is 105 Å². The molecular formula is C119H220Zr4. The van der Waals surface area contributed by atoms with Crippen molar-refractivity contribution >= 4 is 0 Å². The van der Waals surface area contributed by atoms with E-state index in [0.717, 1.165) is 178 Å². The van der Waals surface area contributed by atoms with E-state index in [1.54, 1.807) is 0 Å². The van der Waals surface area contributed by atoms with Gasteiger partial charge in [-0.3, -0.25) is 0 Å². The van der Waals surface area contributed by atoms with Crippen LogP contribution in [0.4, 0.5) is 0 Å². The van der Waals surface area contributed by atoms with Crippen LogP contribution in [0.1, 0.15) is 325 Å². The van der Waals surface area contributed by atoms with Gasteiger partial charge in [-0.1, -0.05) is 393 Å². The van der Waals surface area contributed by atoms with Crippen LogP contribution >= 0.6 is 0 Å². The van der Waals surface area contributed by atoms with Crippen molar-refractivity contribution in [3.63, 3.8) is 0 Å². The zero-order chi connectivity index (χ0) is 74.8. The summed E-state index contributed by atoms with van der Waals surface area (Å²) >= 11 is 0. The van der Waals surface area contributed by atoms with E-state index in [9.17, 15) is 0 Å². The Morgan fingerprint density at radius 2 is 0.382 bits per heavy atom. The van der Waals surface area contributed by atoms with Crippen molar-refractivity contribution in [1.82, 2.24) is 0 Å². The van der Waals surface area contributed by atoms with Crippen LogP contribution < -0.4 is 0 Å². The Morgan fingerprint density at radius 3 is 0.577 bits per heavy atom. The van der Waals surface area contributed by atoms with Crippen LogP contribution in [0, 0.1) is 296 Å². The molecule has 4 heteroatoms. The average Bonchev–Trinajstić information content (AvgIpc) is 1.67. The van der Waals surface area contributed by atoms with Gasteiger partial charge in [-0.15, -0.1) is 0 Å². The molecule has 16 aliphatic rings. The molecule has 23 unspecified atom stereocenters. The summed E-state index contributed by atoms with van der Waals surface area (Å²) in [6, 6.07) is 0. The molecule has 0 aromatic rings. The van der Waals surface area contributed by atoms with Crippen LogP contribution in [0.25, 0.3) is 0 Å². The largest absolute Gasteiger partial charge is 4.00 e. The molecular weight excluding hydrogens is 1790 g/mol. The van der Waals surface area contributed by atoms with E-state index in [4.69, 9.17) is 0 Å². The minimum absolute atomic E-state index is 0. The van der Waals surface area contributed by atoms with Crippen molar-refractivity contribution < 1.29 is 105 Å². The topological polar surface area (TPSA) is 0 Å². The van der Waals surface area contributed by atoms with Crippen LogP contribution in [0.5, 0.6) is 0 Å². The van der Waals surface area contributed by atoms with E-state index in [1.165, 1.54) is 186 Å². The van der Waals surface area contributed by atoms with Crippen molar-refractivity contribution in [2.45, 2.75) is 325 Å². The molecule has 0 radical (unpaired) electrons. The maximum atomic E-state index is 2.41. The zero-order valence-electron chi connectivity index (χ0n) is 89.7. The number of hydrogen-bond acceptors (Lipinski definition) is 0. The fourth-order valence-electron chi connectivity index (χ4n) is 22.9. The number of fused-ring (bicyclic) bond motifs is 6. The standard InChI is InChI=1S/5C11H16.C10H14.C10H20.C9H18.2C8H16.C3H8.16CH3.4Zr/c1-8-7-9(2)11-6-4-3-5-10(8)11;4*1-2-9-7-8-10-5-3-4-6-11(9)10;1-8-6-7-9-4-2-3-5-10(8)9;1-6-7(2)9(4)10(5)8(6)3;1-6-5-7(2)9(4)8(6)3;2*1-2-5-8-6-3-4-7-8;1-3-2;;;;;;;;;;;;;;;;;;;;/h3-6,8-11H,7H2,1-2H3;4*3-6,9-11H,2,7-8H2,1H3;2-5,8-10H,6-7H2,1H3;6-10H,1-5H3;6-9H,5H2,1-4H3;2*8H,2-7H2,1H3;3H2,1-2H3;16*1H3;;;;/q;;;;;;;;;;;16*-1;4*+4. The summed E-state index contributed by atoms with van der Waals surface area (Å²) in [5.74, 6) is 27.8. The third kappa shape index (κ3) is 50.5. The summed E-state index contributed by atoms with van der Waals surface area (Å²) in [4.78, 5) is 0. The van der Waals surface area contributed by atoms with Gasteiger partial charge in [0, 0.05) is 0 Å². The first-order chi connectivity index (χ1) is 49.8. The second-order valence-corrected chi connectivity index (χ2v) is 37.5. The molecule has 10 saturated carbocycles. The average molecular weight is 2020 g/mol. The second-order valence-electron chi connectivity index (χ2n) is 37.5. The van der Waals surface area contributed by atoms with Crippen molar-refractivity contribution in [3.05, 3.63) is 265 Å². The van der Waals surface area contributed by atoms with Gasteiger partial charge >= 0.3 is 105 Å². The monoisotopic (exact) mass is 2010 g/mol.